The van der Waals surface area contributed by atoms with Gasteiger partial charge in [0.25, 0.3) is 5.91 Å². The van der Waals surface area contributed by atoms with E-state index in [2.05, 4.69) is 24.0 Å². The molecule has 1 aliphatic rings. The lowest BCUT2D eigenvalue weighted by molar-refractivity contribution is 0.0778. The van der Waals surface area contributed by atoms with Gasteiger partial charge in [-0.25, -0.2) is 0 Å². The number of amides is 1. The number of carbonyl (C=O) groups is 1. The van der Waals surface area contributed by atoms with Crippen LogP contribution in [0.5, 0.6) is 0 Å². The highest BCUT2D eigenvalue weighted by atomic mass is 16.2. The number of aromatic amines is 1. The SMILES string of the molecule is CN(C)C1CCN(C(=O)c2ccc[nH]2)C1. The Bertz CT molecular complexity index is 332. The molecule has 1 aliphatic heterocycles. The van der Waals surface area contributed by atoms with Gasteiger partial charge in [-0.05, 0) is 32.6 Å². The Balaban J connectivity index is 1.99. The van der Waals surface area contributed by atoms with Crippen LogP contribution in [0.3, 0.4) is 0 Å². The summed E-state index contributed by atoms with van der Waals surface area (Å²) in [6.07, 6.45) is 2.85. The van der Waals surface area contributed by atoms with Gasteiger partial charge in [-0.15, -0.1) is 0 Å². The van der Waals surface area contributed by atoms with Crippen molar-refractivity contribution in [3.05, 3.63) is 24.0 Å². The van der Waals surface area contributed by atoms with E-state index >= 15 is 0 Å². The third-order valence-corrected chi connectivity index (χ3v) is 3.01. The zero-order valence-electron chi connectivity index (χ0n) is 9.23. The van der Waals surface area contributed by atoms with Crippen molar-refractivity contribution in [3.8, 4) is 0 Å². The van der Waals surface area contributed by atoms with Crippen LogP contribution in [0.1, 0.15) is 16.9 Å². The Morgan fingerprint density at radius 3 is 2.93 bits per heavy atom. The predicted molar refractivity (Wildman–Crippen MR) is 58.8 cm³/mol. The number of hydrogen-bond donors (Lipinski definition) is 1. The molecular weight excluding hydrogens is 190 g/mol. The molecule has 0 aromatic carbocycles. The molecule has 1 N–H and O–H groups in total. The summed E-state index contributed by atoms with van der Waals surface area (Å²) in [4.78, 5) is 19.0. The van der Waals surface area contributed by atoms with Crippen molar-refractivity contribution in [2.45, 2.75) is 12.5 Å². The zero-order chi connectivity index (χ0) is 10.8. The van der Waals surface area contributed by atoms with Crippen LogP contribution in [0.15, 0.2) is 18.3 Å². The maximum Gasteiger partial charge on any atom is 0.270 e. The van der Waals surface area contributed by atoms with Gasteiger partial charge in [0, 0.05) is 25.3 Å². The van der Waals surface area contributed by atoms with Crippen LogP contribution in [-0.4, -0.2) is 53.9 Å². The standard InChI is InChI=1S/C11H17N3O/c1-13(2)9-5-7-14(8-9)11(15)10-4-3-6-12-10/h3-4,6,9,12H,5,7-8H2,1-2H3. The molecule has 1 aromatic heterocycles. The highest BCUT2D eigenvalue weighted by Crippen LogP contribution is 2.15. The van der Waals surface area contributed by atoms with Crippen LogP contribution in [0.4, 0.5) is 0 Å². The van der Waals surface area contributed by atoms with E-state index in [9.17, 15) is 4.79 Å². The van der Waals surface area contributed by atoms with Gasteiger partial charge in [0.15, 0.2) is 0 Å². The van der Waals surface area contributed by atoms with Gasteiger partial charge in [0.1, 0.15) is 5.69 Å². The first-order valence-electron chi connectivity index (χ1n) is 5.27. The zero-order valence-corrected chi connectivity index (χ0v) is 9.23. The van der Waals surface area contributed by atoms with Crippen molar-refractivity contribution < 1.29 is 4.79 Å². The maximum atomic E-state index is 12.0. The number of likely N-dealkylation sites (N-methyl/N-ethyl adjacent to an activating group) is 1. The molecule has 2 rings (SSSR count). The molecule has 0 bridgehead atoms. The van der Waals surface area contributed by atoms with Gasteiger partial charge in [-0.1, -0.05) is 0 Å². The van der Waals surface area contributed by atoms with Crippen LogP contribution in [0.25, 0.3) is 0 Å². The fraction of sp³-hybridized carbons (Fsp3) is 0.545. The third-order valence-electron chi connectivity index (χ3n) is 3.01. The van der Waals surface area contributed by atoms with E-state index in [1.807, 2.05) is 17.0 Å². The summed E-state index contributed by atoms with van der Waals surface area (Å²) in [6.45, 7) is 1.70. The van der Waals surface area contributed by atoms with Crippen LogP contribution >= 0.6 is 0 Å². The highest BCUT2D eigenvalue weighted by Gasteiger charge is 2.28. The van der Waals surface area contributed by atoms with Crippen LogP contribution < -0.4 is 0 Å². The maximum absolute atomic E-state index is 12.0. The molecule has 1 atom stereocenters. The normalized spacial score (nSPS) is 21.3. The Morgan fingerprint density at radius 1 is 1.60 bits per heavy atom. The fourth-order valence-electron chi connectivity index (χ4n) is 1.98. The second-order valence-electron chi connectivity index (χ2n) is 4.24. The molecule has 2 heterocycles. The number of likely N-dealkylation sites (tertiary alicyclic amines) is 1. The van der Waals surface area contributed by atoms with Gasteiger partial charge < -0.3 is 14.8 Å². The minimum absolute atomic E-state index is 0.115. The second-order valence-corrected chi connectivity index (χ2v) is 4.24. The van der Waals surface area contributed by atoms with Crippen molar-refractivity contribution in [3.63, 3.8) is 0 Å². The molecule has 1 amide bonds. The van der Waals surface area contributed by atoms with Crippen LogP contribution in [-0.2, 0) is 0 Å². The molecule has 1 aromatic rings. The largest absolute Gasteiger partial charge is 0.357 e. The summed E-state index contributed by atoms with van der Waals surface area (Å²) < 4.78 is 0. The van der Waals surface area contributed by atoms with E-state index in [4.69, 9.17) is 0 Å². The highest BCUT2D eigenvalue weighted by molar-refractivity contribution is 5.92. The number of nitrogens with one attached hydrogen (secondary N) is 1. The Labute approximate surface area is 89.9 Å². The first-order chi connectivity index (χ1) is 7.18. The minimum Gasteiger partial charge on any atom is -0.357 e. The summed E-state index contributed by atoms with van der Waals surface area (Å²) in [5.41, 5.74) is 0.689. The van der Waals surface area contributed by atoms with E-state index in [1.54, 1.807) is 6.20 Å². The summed E-state index contributed by atoms with van der Waals surface area (Å²) in [5.74, 6) is 0.115. The topological polar surface area (TPSA) is 39.3 Å². The monoisotopic (exact) mass is 207 g/mol. The van der Waals surface area contributed by atoms with Gasteiger partial charge in [-0.3, -0.25) is 4.79 Å². The molecule has 0 radical (unpaired) electrons. The number of hydrogen-bond acceptors (Lipinski definition) is 2. The molecule has 82 valence electrons. The molecule has 4 heteroatoms. The summed E-state index contributed by atoms with van der Waals surface area (Å²) in [6, 6.07) is 4.18. The third kappa shape index (κ3) is 2.04. The fourth-order valence-corrected chi connectivity index (χ4v) is 1.98. The molecule has 15 heavy (non-hydrogen) atoms. The smallest absolute Gasteiger partial charge is 0.270 e. The average Bonchev–Trinajstić information content (AvgIpc) is 2.88. The number of nitrogens with zero attached hydrogens (tertiary/aromatic N) is 2. The van der Waals surface area contributed by atoms with E-state index in [0.717, 1.165) is 19.5 Å². The number of rotatable bonds is 2. The Morgan fingerprint density at radius 2 is 2.40 bits per heavy atom. The summed E-state index contributed by atoms with van der Waals surface area (Å²) in [7, 11) is 4.13. The van der Waals surface area contributed by atoms with Gasteiger partial charge in [0.2, 0.25) is 0 Å². The van der Waals surface area contributed by atoms with E-state index in [-0.39, 0.29) is 5.91 Å². The number of aromatic nitrogens is 1. The van der Waals surface area contributed by atoms with E-state index in [0.29, 0.717) is 11.7 Å². The number of carbonyl (C=O) groups excluding carboxylic acids is 1. The Kier molecular flexibility index (Phi) is 2.77. The van der Waals surface area contributed by atoms with Crippen LogP contribution in [0, 0.1) is 0 Å². The molecule has 0 spiro atoms. The van der Waals surface area contributed by atoms with Crippen molar-refractivity contribution in [1.29, 1.82) is 0 Å². The van der Waals surface area contributed by atoms with E-state index < -0.39 is 0 Å². The van der Waals surface area contributed by atoms with Crippen LogP contribution in [0.2, 0.25) is 0 Å². The molecule has 1 saturated heterocycles. The van der Waals surface area contributed by atoms with Crippen molar-refractivity contribution in [2.75, 3.05) is 27.2 Å². The number of H-pyrrole nitrogens is 1. The lowest BCUT2D eigenvalue weighted by Crippen LogP contribution is -2.34. The molecule has 1 fully saturated rings. The molecule has 1 unspecified atom stereocenters. The minimum atomic E-state index is 0.115. The quantitative estimate of drug-likeness (QED) is 0.778. The first kappa shape index (κ1) is 10.2. The van der Waals surface area contributed by atoms with Gasteiger partial charge in [0.05, 0.1) is 0 Å². The van der Waals surface area contributed by atoms with Crippen molar-refractivity contribution >= 4 is 5.91 Å². The molecular formula is C11H17N3O. The van der Waals surface area contributed by atoms with E-state index in [1.165, 1.54) is 0 Å². The lowest BCUT2D eigenvalue weighted by Gasteiger charge is -2.20. The summed E-state index contributed by atoms with van der Waals surface area (Å²) in [5, 5.41) is 0. The van der Waals surface area contributed by atoms with Gasteiger partial charge >= 0.3 is 0 Å². The molecule has 0 aliphatic carbocycles. The average molecular weight is 207 g/mol. The predicted octanol–water partition coefficient (Wildman–Crippen LogP) is 0.791. The molecule has 0 saturated carbocycles. The van der Waals surface area contributed by atoms with Crippen molar-refractivity contribution in [2.24, 2.45) is 0 Å². The first-order valence-corrected chi connectivity index (χ1v) is 5.27. The second kappa shape index (κ2) is 4.06. The molecule has 4 nitrogen and oxygen atoms in total. The Hall–Kier alpha value is -1.29. The van der Waals surface area contributed by atoms with Crippen molar-refractivity contribution in [1.82, 2.24) is 14.8 Å². The lowest BCUT2D eigenvalue weighted by atomic mass is 10.2. The van der Waals surface area contributed by atoms with Gasteiger partial charge in [-0.2, -0.15) is 0 Å². The summed E-state index contributed by atoms with van der Waals surface area (Å²) >= 11 is 0.